The number of H-pyrrole nitrogens is 1. The number of aromatic nitrogens is 2. The second-order valence-electron chi connectivity index (χ2n) is 7.12. The molecule has 0 bridgehead atoms. The van der Waals surface area contributed by atoms with Gasteiger partial charge in [0.15, 0.2) is 0 Å². The number of nitriles is 1. The SMILES string of the molecule is Cc1cc(=O)[nH]c(SCC(=O)N2CCCC(c3nc4ccccc4s3)C2)c1C#N. The molecule has 1 unspecified atom stereocenters. The van der Waals surface area contributed by atoms with E-state index in [1.54, 1.807) is 18.3 Å². The van der Waals surface area contributed by atoms with Crippen LogP contribution in [0.3, 0.4) is 0 Å². The first-order valence-electron chi connectivity index (χ1n) is 9.45. The summed E-state index contributed by atoms with van der Waals surface area (Å²) >= 11 is 2.93. The monoisotopic (exact) mass is 424 g/mol. The summed E-state index contributed by atoms with van der Waals surface area (Å²) in [6.07, 6.45) is 1.97. The smallest absolute Gasteiger partial charge is 0.249 e. The number of aryl methyl sites for hydroxylation is 1. The molecule has 1 aliphatic rings. The van der Waals surface area contributed by atoms with Crippen LogP contribution in [0.2, 0.25) is 0 Å². The van der Waals surface area contributed by atoms with Gasteiger partial charge >= 0.3 is 0 Å². The fourth-order valence-electron chi connectivity index (χ4n) is 3.60. The number of carbonyl (C=O) groups excluding carboxylic acids is 1. The molecule has 1 aliphatic heterocycles. The van der Waals surface area contributed by atoms with Crippen LogP contribution in [0.4, 0.5) is 0 Å². The molecule has 1 amide bonds. The molecule has 0 saturated carbocycles. The standard InChI is InChI=1S/C21H20N4O2S2/c1-13-9-18(26)24-21(15(13)10-22)28-12-19(27)25-8-4-5-14(11-25)20-23-16-6-2-3-7-17(16)29-20/h2-3,6-7,9,14H,4-5,8,11-12H2,1H3,(H,24,26). The second kappa shape index (κ2) is 8.39. The first-order valence-corrected chi connectivity index (χ1v) is 11.3. The van der Waals surface area contributed by atoms with Gasteiger partial charge in [0.05, 0.1) is 31.6 Å². The van der Waals surface area contributed by atoms with E-state index >= 15 is 0 Å². The lowest BCUT2D eigenvalue weighted by Gasteiger charge is -2.31. The topological polar surface area (TPSA) is 89.8 Å². The third-order valence-electron chi connectivity index (χ3n) is 5.09. The van der Waals surface area contributed by atoms with Crippen molar-refractivity contribution in [2.24, 2.45) is 0 Å². The second-order valence-corrected chi connectivity index (χ2v) is 9.17. The van der Waals surface area contributed by atoms with Crippen LogP contribution in [0.1, 0.15) is 34.9 Å². The molecule has 1 N–H and O–H groups in total. The summed E-state index contributed by atoms with van der Waals surface area (Å²) < 4.78 is 1.17. The van der Waals surface area contributed by atoms with E-state index in [1.165, 1.54) is 22.5 Å². The average Bonchev–Trinajstić information content (AvgIpc) is 3.16. The fraction of sp³-hybridized carbons (Fsp3) is 0.333. The van der Waals surface area contributed by atoms with Gasteiger partial charge in [0.2, 0.25) is 11.5 Å². The summed E-state index contributed by atoms with van der Waals surface area (Å²) in [7, 11) is 0. The number of thiazole rings is 1. The molecule has 1 atom stereocenters. The first-order chi connectivity index (χ1) is 14.0. The Balaban J connectivity index is 1.44. The van der Waals surface area contributed by atoms with Crippen molar-refractivity contribution in [2.75, 3.05) is 18.8 Å². The zero-order valence-corrected chi connectivity index (χ0v) is 17.6. The summed E-state index contributed by atoms with van der Waals surface area (Å²) in [5, 5.41) is 10.9. The maximum Gasteiger partial charge on any atom is 0.249 e. The van der Waals surface area contributed by atoms with Crippen LogP contribution in [0.5, 0.6) is 0 Å². The van der Waals surface area contributed by atoms with E-state index in [0.717, 1.165) is 29.9 Å². The quantitative estimate of drug-likeness (QED) is 0.646. The highest BCUT2D eigenvalue weighted by atomic mass is 32.2. The van der Waals surface area contributed by atoms with Gasteiger partial charge in [0.1, 0.15) is 6.07 Å². The van der Waals surface area contributed by atoms with E-state index in [2.05, 4.69) is 17.1 Å². The Bertz CT molecular complexity index is 1130. The summed E-state index contributed by atoms with van der Waals surface area (Å²) in [6.45, 7) is 3.12. The number of rotatable bonds is 4. The van der Waals surface area contributed by atoms with E-state index in [1.807, 2.05) is 23.1 Å². The van der Waals surface area contributed by atoms with Crippen LogP contribution in [0.15, 0.2) is 40.2 Å². The molecule has 1 aromatic carbocycles. The average molecular weight is 425 g/mol. The molecule has 2 aromatic heterocycles. The number of benzene rings is 1. The van der Waals surface area contributed by atoms with Crippen LogP contribution in [0.25, 0.3) is 10.2 Å². The van der Waals surface area contributed by atoms with E-state index in [0.29, 0.717) is 22.7 Å². The largest absolute Gasteiger partial charge is 0.341 e. The molecule has 0 spiro atoms. The molecule has 3 heterocycles. The molecule has 148 valence electrons. The number of pyridine rings is 1. The molecular formula is C21H20N4O2S2. The highest BCUT2D eigenvalue weighted by Gasteiger charge is 2.27. The van der Waals surface area contributed by atoms with Crippen molar-refractivity contribution in [2.45, 2.75) is 30.7 Å². The molecule has 3 aromatic rings. The fourth-order valence-corrected chi connectivity index (χ4v) is 5.67. The highest BCUT2D eigenvalue weighted by Crippen LogP contribution is 2.33. The van der Waals surface area contributed by atoms with Gasteiger partial charge in [-0.3, -0.25) is 9.59 Å². The van der Waals surface area contributed by atoms with Crippen molar-refractivity contribution in [3.8, 4) is 6.07 Å². The van der Waals surface area contributed by atoms with E-state index in [-0.39, 0.29) is 23.1 Å². The first kappa shape index (κ1) is 19.7. The van der Waals surface area contributed by atoms with Gasteiger partial charge in [0.25, 0.3) is 0 Å². The Morgan fingerprint density at radius 3 is 3.07 bits per heavy atom. The lowest BCUT2D eigenvalue weighted by molar-refractivity contribution is -0.129. The molecule has 0 aliphatic carbocycles. The van der Waals surface area contributed by atoms with E-state index in [4.69, 9.17) is 4.98 Å². The predicted molar refractivity (Wildman–Crippen MR) is 115 cm³/mol. The minimum Gasteiger partial charge on any atom is -0.341 e. The zero-order valence-electron chi connectivity index (χ0n) is 16.0. The van der Waals surface area contributed by atoms with Crippen LogP contribution >= 0.6 is 23.1 Å². The molecule has 4 rings (SSSR count). The number of nitrogens with one attached hydrogen (secondary N) is 1. The van der Waals surface area contributed by atoms with Crippen LogP contribution in [-0.2, 0) is 4.79 Å². The number of piperidine rings is 1. The van der Waals surface area contributed by atoms with Gasteiger partial charge < -0.3 is 9.88 Å². The zero-order chi connectivity index (χ0) is 20.4. The van der Waals surface area contributed by atoms with Crippen LogP contribution < -0.4 is 5.56 Å². The molecule has 0 radical (unpaired) electrons. The predicted octanol–water partition coefficient (Wildman–Crippen LogP) is 3.66. The van der Waals surface area contributed by atoms with Gasteiger partial charge in [-0.05, 0) is 37.5 Å². The number of aromatic amines is 1. The third kappa shape index (κ3) is 4.21. The molecule has 1 saturated heterocycles. The molecular weight excluding hydrogens is 404 g/mol. The van der Waals surface area contributed by atoms with E-state index in [9.17, 15) is 14.9 Å². The normalized spacial score (nSPS) is 16.7. The number of hydrogen-bond donors (Lipinski definition) is 1. The molecule has 6 nitrogen and oxygen atoms in total. The number of fused-ring (bicyclic) bond motifs is 1. The summed E-state index contributed by atoms with van der Waals surface area (Å²) in [5.41, 5.74) is 1.80. The van der Waals surface area contributed by atoms with Gasteiger partial charge in [-0.25, -0.2) is 4.98 Å². The van der Waals surface area contributed by atoms with Crippen molar-refractivity contribution in [3.05, 3.63) is 56.8 Å². The van der Waals surface area contributed by atoms with Crippen LogP contribution in [-0.4, -0.2) is 39.6 Å². The lowest BCUT2D eigenvalue weighted by atomic mass is 9.99. The molecule has 8 heteroatoms. The van der Waals surface area contributed by atoms with E-state index < -0.39 is 0 Å². The number of para-hydroxylation sites is 1. The summed E-state index contributed by atoms with van der Waals surface area (Å²) in [6, 6.07) is 11.6. The number of thioether (sulfide) groups is 1. The molecule has 1 fully saturated rings. The number of nitrogens with zero attached hydrogens (tertiary/aromatic N) is 3. The van der Waals surface area contributed by atoms with Crippen molar-refractivity contribution >= 4 is 39.2 Å². The van der Waals surface area contributed by atoms with Crippen molar-refractivity contribution in [1.29, 1.82) is 5.26 Å². The highest BCUT2D eigenvalue weighted by molar-refractivity contribution is 8.00. The third-order valence-corrected chi connectivity index (χ3v) is 7.28. The summed E-state index contributed by atoms with van der Waals surface area (Å²) in [4.78, 5) is 33.9. The number of likely N-dealkylation sites (tertiary alicyclic amines) is 1. The Kier molecular flexibility index (Phi) is 5.69. The number of carbonyl (C=O) groups is 1. The Hall–Kier alpha value is -2.63. The lowest BCUT2D eigenvalue weighted by Crippen LogP contribution is -2.40. The van der Waals surface area contributed by atoms with Crippen molar-refractivity contribution < 1.29 is 4.79 Å². The summed E-state index contributed by atoms with van der Waals surface area (Å²) in [5.74, 6) is 0.469. The Morgan fingerprint density at radius 1 is 1.45 bits per heavy atom. The Labute approximate surface area is 176 Å². The van der Waals surface area contributed by atoms with Gasteiger partial charge in [0, 0.05) is 25.1 Å². The number of hydrogen-bond acceptors (Lipinski definition) is 6. The van der Waals surface area contributed by atoms with Crippen LogP contribution in [0, 0.1) is 18.3 Å². The molecule has 29 heavy (non-hydrogen) atoms. The van der Waals surface area contributed by atoms with Gasteiger partial charge in [-0.15, -0.1) is 11.3 Å². The number of amides is 1. The van der Waals surface area contributed by atoms with Gasteiger partial charge in [-0.2, -0.15) is 5.26 Å². The van der Waals surface area contributed by atoms with Crippen molar-refractivity contribution in [3.63, 3.8) is 0 Å². The van der Waals surface area contributed by atoms with Crippen molar-refractivity contribution in [1.82, 2.24) is 14.9 Å². The Morgan fingerprint density at radius 2 is 2.28 bits per heavy atom. The maximum absolute atomic E-state index is 12.8. The maximum atomic E-state index is 12.8. The minimum atomic E-state index is -0.259. The minimum absolute atomic E-state index is 0.0204. The van der Waals surface area contributed by atoms with Gasteiger partial charge in [-0.1, -0.05) is 23.9 Å².